The predicted molar refractivity (Wildman–Crippen MR) is 96.9 cm³/mol. The zero-order valence-electron chi connectivity index (χ0n) is 13.9. The third-order valence-electron chi connectivity index (χ3n) is 4.27. The number of nitrogens with zero attached hydrogens (tertiary/aromatic N) is 3. The molecular formula is C18H23ClN4. The topological polar surface area (TPSA) is 41.1 Å². The van der Waals surface area contributed by atoms with Crippen LogP contribution in [0.15, 0.2) is 24.3 Å². The van der Waals surface area contributed by atoms with Gasteiger partial charge in [-0.05, 0) is 50.3 Å². The van der Waals surface area contributed by atoms with Gasteiger partial charge >= 0.3 is 0 Å². The Kier molecular flexibility index (Phi) is 4.71. The van der Waals surface area contributed by atoms with Crippen LogP contribution in [0.4, 0.5) is 17.3 Å². The molecule has 2 aromatic rings. The standard InChI is InChI=1S/C18H23ClN4/c1-12-5-4-8-23(11-12)18-10-17(20-14(3)21-18)22-16-9-15(19)7-6-13(16)2/h6-7,9-10,12H,4-5,8,11H2,1-3H3,(H,20,21,22). The molecule has 5 heteroatoms. The lowest BCUT2D eigenvalue weighted by Gasteiger charge is -2.32. The molecule has 0 bridgehead atoms. The van der Waals surface area contributed by atoms with Gasteiger partial charge in [-0.15, -0.1) is 0 Å². The molecule has 0 spiro atoms. The van der Waals surface area contributed by atoms with Crippen LogP contribution in [0.5, 0.6) is 0 Å². The van der Waals surface area contributed by atoms with Crippen LogP contribution >= 0.6 is 11.6 Å². The largest absolute Gasteiger partial charge is 0.356 e. The van der Waals surface area contributed by atoms with Gasteiger partial charge in [0.2, 0.25) is 0 Å². The number of piperidine rings is 1. The van der Waals surface area contributed by atoms with Crippen LogP contribution in [0, 0.1) is 19.8 Å². The van der Waals surface area contributed by atoms with Gasteiger partial charge in [0.25, 0.3) is 0 Å². The maximum absolute atomic E-state index is 6.10. The van der Waals surface area contributed by atoms with Crippen LogP contribution in [0.2, 0.25) is 5.02 Å². The minimum Gasteiger partial charge on any atom is -0.356 e. The summed E-state index contributed by atoms with van der Waals surface area (Å²) < 4.78 is 0. The highest BCUT2D eigenvalue weighted by Crippen LogP contribution is 2.27. The van der Waals surface area contributed by atoms with Crippen LogP contribution in [0.3, 0.4) is 0 Å². The lowest BCUT2D eigenvalue weighted by atomic mass is 10.0. The number of aromatic nitrogens is 2. The van der Waals surface area contributed by atoms with E-state index >= 15 is 0 Å². The predicted octanol–water partition coefficient (Wildman–Crippen LogP) is 4.73. The summed E-state index contributed by atoms with van der Waals surface area (Å²) in [5.74, 6) is 3.32. The molecule has 1 N–H and O–H groups in total. The lowest BCUT2D eigenvalue weighted by molar-refractivity contribution is 0.444. The third-order valence-corrected chi connectivity index (χ3v) is 4.50. The van der Waals surface area contributed by atoms with Crippen molar-refractivity contribution < 1.29 is 0 Å². The maximum Gasteiger partial charge on any atom is 0.136 e. The number of aryl methyl sites for hydroxylation is 2. The Morgan fingerprint density at radius 2 is 2.04 bits per heavy atom. The summed E-state index contributed by atoms with van der Waals surface area (Å²) in [4.78, 5) is 11.5. The quantitative estimate of drug-likeness (QED) is 0.883. The maximum atomic E-state index is 6.10. The van der Waals surface area contributed by atoms with Gasteiger partial charge in [-0.1, -0.05) is 24.6 Å². The summed E-state index contributed by atoms with van der Waals surface area (Å²) in [7, 11) is 0. The van der Waals surface area contributed by atoms with Crippen molar-refractivity contribution in [3.63, 3.8) is 0 Å². The Morgan fingerprint density at radius 1 is 1.22 bits per heavy atom. The number of hydrogen-bond donors (Lipinski definition) is 1. The molecule has 0 saturated carbocycles. The molecule has 4 nitrogen and oxygen atoms in total. The summed E-state index contributed by atoms with van der Waals surface area (Å²) >= 11 is 6.10. The Labute approximate surface area is 142 Å². The number of rotatable bonds is 3. The first-order valence-electron chi connectivity index (χ1n) is 8.15. The molecule has 1 unspecified atom stereocenters. The Bertz CT molecular complexity index is 701. The summed E-state index contributed by atoms with van der Waals surface area (Å²) in [6.07, 6.45) is 2.52. The van der Waals surface area contributed by atoms with Crippen LogP contribution in [-0.2, 0) is 0 Å². The molecule has 1 aliphatic heterocycles. The molecule has 1 aromatic heterocycles. The van der Waals surface area contributed by atoms with Crippen LogP contribution in [-0.4, -0.2) is 23.1 Å². The fourth-order valence-electron chi connectivity index (χ4n) is 3.04. The Balaban J connectivity index is 1.87. The molecule has 3 rings (SSSR count). The van der Waals surface area contributed by atoms with Gasteiger partial charge in [0, 0.05) is 29.9 Å². The average molecular weight is 331 g/mol. The molecule has 1 aromatic carbocycles. The van der Waals surface area contributed by atoms with Crippen LogP contribution in [0.1, 0.15) is 31.2 Å². The van der Waals surface area contributed by atoms with E-state index < -0.39 is 0 Å². The van der Waals surface area contributed by atoms with E-state index in [4.69, 9.17) is 11.6 Å². The number of nitrogens with one attached hydrogen (secondary N) is 1. The zero-order chi connectivity index (χ0) is 16.4. The van der Waals surface area contributed by atoms with Crippen LogP contribution < -0.4 is 10.2 Å². The van der Waals surface area contributed by atoms with E-state index in [1.54, 1.807) is 0 Å². The summed E-state index contributed by atoms with van der Waals surface area (Å²) in [5, 5.41) is 4.10. The molecule has 0 amide bonds. The van der Waals surface area contributed by atoms with Gasteiger partial charge in [0.05, 0.1) is 0 Å². The van der Waals surface area contributed by atoms with E-state index in [2.05, 4.69) is 34.0 Å². The minimum atomic E-state index is 0.714. The Hall–Kier alpha value is -1.81. The summed E-state index contributed by atoms with van der Waals surface area (Å²) in [6.45, 7) is 8.42. The van der Waals surface area contributed by atoms with E-state index in [9.17, 15) is 0 Å². The fourth-order valence-corrected chi connectivity index (χ4v) is 3.21. The molecule has 1 aliphatic rings. The van der Waals surface area contributed by atoms with Crippen molar-refractivity contribution in [1.82, 2.24) is 9.97 Å². The highest BCUT2D eigenvalue weighted by molar-refractivity contribution is 6.30. The minimum absolute atomic E-state index is 0.714. The molecular weight excluding hydrogens is 308 g/mol. The van der Waals surface area contributed by atoms with Crippen molar-refractivity contribution in [2.24, 2.45) is 5.92 Å². The normalized spacial score (nSPS) is 18.1. The first-order chi connectivity index (χ1) is 11.0. The molecule has 0 radical (unpaired) electrons. The summed E-state index contributed by atoms with van der Waals surface area (Å²) in [6, 6.07) is 7.86. The van der Waals surface area contributed by atoms with Crippen molar-refractivity contribution >= 4 is 28.9 Å². The number of anilines is 3. The second-order valence-corrected chi connectivity index (χ2v) is 6.87. The van der Waals surface area contributed by atoms with Crippen molar-refractivity contribution in [3.05, 3.63) is 40.7 Å². The zero-order valence-corrected chi connectivity index (χ0v) is 14.7. The van der Waals surface area contributed by atoms with Crippen molar-refractivity contribution in [2.45, 2.75) is 33.6 Å². The van der Waals surface area contributed by atoms with Crippen molar-refractivity contribution in [1.29, 1.82) is 0 Å². The molecule has 0 aliphatic carbocycles. The molecule has 23 heavy (non-hydrogen) atoms. The first-order valence-corrected chi connectivity index (χ1v) is 8.53. The van der Waals surface area contributed by atoms with Gasteiger partial charge in [-0.25, -0.2) is 9.97 Å². The number of benzene rings is 1. The SMILES string of the molecule is Cc1nc(Nc2cc(Cl)ccc2C)cc(N2CCCC(C)C2)n1. The number of halogens is 1. The third kappa shape index (κ3) is 3.94. The smallest absolute Gasteiger partial charge is 0.136 e. The average Bonchev–Trinajstić information content (AvgIpc) is 2.50. The van der Waals surface area contributed by atoms with Gasteiger partial charge in [-0.2, -0.15) is 0 Å². The van der Waals surface area contributed by atoms with Gasteiger partial charge in [-0.3, -0.25) is 0 Å². The van der Waals surface area contributed by atoms with E-state index in [1.165, 1.54) is 12.8 Å². The monoisotopic (exact) mass is 330 g/mol. The Morgan fingerprint density at radius 3 is 2.83 bits per heavy atom. The van der Waals surface area contributed by atoms with Crippen molar-refractivity contribution in [2.75, 3.05) is 23.3 Å². The van der Waals surface area contributed by atoms with E-state index in [0.717, 1.165) is 41.8 Å². The van der Waals surface area contributed by atoms with E-state index in [-0.39, 0.29) is 0 Å². The number of hydrogen-bond acceptors (Lipinski definition) is 4. The summed E-state index contributed by atoms with van der Waals surface area (Å²) in [5.41, 5.74) is 2.12. The molecule has 1 saturated heterocycles. The van der Waals surface area contributed by atoms with Gasteiger partial charge in [0.15, 0.2) is 0 Å². The lowest BCUT2D eigenvalue weighted by Crippen LogP contribution is -2.35. The molecule has 1 fully saturated rings. The second kappa shape index (κ2) is 6.75. The highest BCUT2D eigenvalue weighted by Gasteiger charge is 2.18. The molecule has 2 heterocycles. The highest BCUT2D eigenvalue weighted by atomic mass is 35.5. The fraction of sp³-hybridized carbons (Fsp3) is 0.444. The van der Waals surface area contributed by atoms with Gasteiger partial charge in [0.1, 0.15) is 17.5 Å². The van der Waals surface area contributed by atoms with E-state index in [0.29, 0.717) is 10.9 Å². The van der Waals surface area contributed by atoms with E-state index in [1.807, 2.05) is 31.2 Å². The van der Waals surface area contributed by atoms with Gasteiger partial charge < -0.3 is 10.2 Å². The van der Waals surface area contributed by atoms with Crippen LogP contribution in [0.25, 0.3) is 0 Å². The second-order valence-electron chi connectivity index (χ2n) is 6.44. The molecule has 122 valence electrons. The molecule has 1 atom stereocenters. The first kappa shape index (κ1) is 16.1. The van der Waals surface area contributed by atoms with Crippen molar-refractivity contribution in [3.8, 4) is 0 Å².